The van der Waals surface area contributed by atoms with Crippen LogP contribution in [-0.2, 0) is 20.6 Å². The fourth-order valence-corrected chi connectivity index (χ4v) is 5.38. The van der Waals surface area contributed by atoms with Crippen molar-refractivity contribution in [2.45, 2.75) is 32.4 Å². The molecular formula is C21H24Cl2N2O3S. The SMILES string of the molecule is Cc1cccc(NC(=O)C2CCCN(S(=O)(=O)Cc3ccc(Cl)c(Cl)c3)C2)c1C. The predicted molar refractivity (Wildman–Crippen MR) is 118 cm³/mol. The second-order valence-electron chi connectivity index (χ2n) is 7.44. The van der Waals surface area contributed by atoms with Crippen molar-refractivity contribution in [3.63, 3.8) is 0 Å². The van der Waals surface area contributed by atoms with Gasteiger partial charge in [-0.15, -0.1) is 0 Å². The van der Waals surface area contributed by atoms with Crippen LogP contribution < -0.4 is 5.32 Å². The zero-order chi connectivity index (χ0) is 21.2. The summed E-state index contributed by atoms with van der Waals surface area (Å²) in [6.07, 6.45) is 1.31. The van der Waals surface area contributed by atoms with E-state index in [0.717, 1.165) is 16.8 Å². The molecule has 0 aliphatic carbocycles. The van der Waals surface area contributed by atoms with Gasteiger partial charge in [0.1, 0.15) is 0 Å². The Kier molecular flexibility index (Phi) is 6.89. The molecule has 1 N–H and O–H groups in total. The number of hydrogen-bond acceptors (Lipinski definition) is 3. The third-order valence-corrected chi connectivity index (χ3v) is 7.90. The number of aryl methyl sites for hydroxylation is 1. The van der Waals surface area contributed by atoms with Crippen molar-refractivity contribution in [3.05, 3.63) is 63.1 Å². The summed E-state index contributed by atoms with van der Waals surface area (Å²) in [5.74, 6) is -0.699. The lowest BCUT2D eigenvalue weighted by Gasteiger charge is -2.31. The van der Waals surface area contributed by atoms with Gasteiger partial charge >= 0.3 is 0 Å². The zero-order valence-corrected chi connectivity index (χ0v) is 18.7. The van der Waals surface area contributed by atoms with Crippen LogP contribution in [0.2, 0.25) is 10.0 Å². The number of halogens is 2. The van der Waals surface area contributed by atoms with Crippen LogP contribution in [0.25, 0.3) is 0 Å². The number of piperidine rings is 1. The summed E-state index contributed by atoms with van der Waals surface area (Å²) >= 11 is 11.9. The number of anilines is 1. The number of sulfonamides is 1. The summed E-state index contributed by atoms with van der Waals surface area (Å²) in [7, 11) is -3.57. The zero-order valence-electron chi connectivity index (χ0n) is 16.4. The van der Waals surface area contributed by atoms with Crippen LogP contribution in [-0.4, -0.2) is 31.7 Å². The number of amides is 1. The molecule has 0 aromatic heterocycles. The third-order valence-electron chi connectivity index (χ3n) is 5.34. The van der Waals surface area contributed by atoms with E-state index >= 15 is 0 Å². The minimum absolute atomic E-state index is 0.145. The van der Waals surface area contributed by atoms with Gasteiger partial charge in [0.15, 0.2) is 0 Å². The van der Waals surface area contributed by atoms with Crippen molar-refractivity contribution in [1.82, 2.24) is 4.31 Å². The molecule has 0 radical (unpaired) electrons. The molecular weight excluding hydrogens is 431 g/mol. The molecule has 0 saturated carbocycles. The van der Waals surface area contributed by atoms with Crippen molar-refractivity contribution in [3.8, 4) is 0 Å². The van der Waals surface area contributed by atoms with Crippen molar-refractivity contribution < 1.29 is 13.2 Å². The maximum atomic E-state index is 12.9. The molecule has 1 fully saturated rings. The molecule has 1 aliphatic rings. The van der Waals surface area contributed by atoms with Gasteiger partial charge in [0, 0.05) is 18.8 Å². The normalized spacial score (nSPS) is 17.9. The summed E-state index contributed by atoms with van der Waals surface area (Å²) in [6.45, 7) is 4.54. The van der Waals surface area contributed by atoms with E-state index in [4.69, 9.17) is 23.2 Å². The van der Waals surface area contributed by atoms with E-state index in [-0.39, 0.29) is 24.1 Å². The van der Waals surface area contributed by atoms with Crippen molar-refractivity contribution in [1.29, 1.82) is 0 Å². The number of carbonyl (C=O) groups is 1. The van der Waals surface area contributed by atoms with Gasteiger partial charge in [0.2, 0.25) is 15.9 Å². The van der Waals surface area contributed by atoms with Crippen LogP contribution in [0, 0.1) is 19.8 Å². The number of nitrogens with zero attached hydrogens (tertiary/aromatic N) is 1. The number of benzene rings is 2. The minimum atomic E-state index is -3.57. The van der Waals surface area contributed by atoms with E-state index < -0.39 is 10.0 Å². The first kappa shape index (κ1) is 22.1. The fraction of sp³-hybridized carbons (Fsp3) is 0.381. The molecule has 1 unspecified atom stereocenters. The molecule has 1 heterocycles. The molecule has 2 aromatic rings. The number of rotatable bonds is 5. The smallest absolute Gasteiger partial charge is 0.228 e. The van der Waals surface area contributed by atoms with Gasteiger partial charge in [-0.3, -0.25) is 4.79 Å². The van der Waals surface area contributed by atoms with E-state index in [1.165, 1.54) is 4.31 Å². The molecule has 1 aliphatic heterocycles. The monoisotopic (exact) mass is 454 g/mol. The van der Waals surface area contributed by atoms with Crippen molar-refractivity contribution in [2.24, 2.45) is 5.92 Å². The lowest BCUT2D eigenvalue weighted by Crippen LogP contribution is -2.44. The molecule has 1 amide bonds. The third kappa shape index (κ3) is 5.31. The molecule has 0 bridgehead atoms. The van der Waals surface area contributed by atoms with Gasteiger partial charge in [-0.2, -0.15) is 0 Å². The highest BCUT2D eigenvalue weighted by molar-refractivity contribution is 7.88. The lowest BCUT2D eigenvalue weighted by atomic mass is 9.98. The highest BCUT2D eigenvalue weighted by atomic mass is 35.5. The summed E-state index contributed by atoms with van der Waals surface area (Å²) in [5, 5.41) is 3.67. The van der Waals surface area contributed by atoms with Gasteiger partial charge in [-0.25, -0.2) is 12.7 Å². The average molecular weight is 455 g/mol. The van der Waals surface area contributed by atoms with Crippen molar-refractivity contribution in [2.75, 3.05) is 18.4 Å². The topological polar surface area (TPSA) is 66.5 Å². The largest absolute Gasteiger partial charge is 0.326 e. The standard InChI is InChI=1S/C21H24Cl2N2O3S/c1-14-5-3-7-20(15(14)2)24-21(26)17-6-4-10-25(12-17)29(27,28)13-16-8-9-18(22)19(23)11-16/h3,5,7-9,11,17H,4,6,10,12-13H2,1-2H3,(H,24,26). The van der Waals surface area contributed by atoms with Crippen LogP contribution in [0.1, 0.15) is 29.5 Å². The van der Waals surface area contributed by atoms with Crippen LogP contribution in [0.15, 0.2) is 36.4 Å². The minimum Gasteiger partial charge on any atom is -0.326 e. The molecule has 1 saturated heterocycles. The highest BCUT2D eigenvalue weighted by Crippen LogP contribution is 2.27. The maximum absolute atomic E-state index is 12.9. The van der Waals surface area contributed by atoms with Crippen LogP contribution >= 0.6 is 23.2 Å². The molecule has 1 atom stereocenters. The molecule has 156 valence electrons. The first-order valence-corrected chi connectivity index (χ1v) is 11.8. The first-order valence-electron chi connectivity index (χ1n) is 9.46. The Balaban J connectivity index is 1.69. The average Bonchev–Trinajstić information content (AvgIpc) is 2.68. The molecule has 0 spiro atoms. The quantitative estimate of drug-likeness (QED) is 0.705. The van der Waals surface area contributed by atoms with Gasteiger partial charge in [0.05, 0.1) is 21.7 Å². The summed E-state index contributed by atoms with van der Waals surface area (Å²) < 4.78 is 27.2. The van der Waals surface area contributed by atoms with Gasteiger partial charge in [0.25, 0.3) is 0 Å². The number of hydrogen-bond donors (Lipinski definition) is 1. The highest BCUT2D eigenvalue weighted by Gasteiger charge is 2.32. The number of nitrogens with one attached hydrogen (secondary N) is 1. The molecule has 29 heavy (non-hydrogen) atoms. The Morgan fingerprint density at radius 3 is 2.66 bits per heavy atom. The van der Waals surface area contributed by atoms with Crippen LogP contribution in [0.5, 0.6) is 0 Å². The van der Waals surface area contributed by atoms with E-state index in [1.54, 1.807) is 18.2 Å². The summed E-state index contributed by atoms with van der Waals surface area (Å²) in [6, 6.07) is 10.6. The first-order chi connectivity index (χ1) is 13.7. The van der Waals surface area contributed by atoms with Gasteiger partial charge < -0.3 is 5.32 Å². The van der Waals surface area contributed by atoms with Crippen molar-refractivity contribution >= 4 is 44.8 Å². The Bertz CT molecular complexity index is 1020. The Labute approximate surface area is 182 Å². The summed E-state index contributed by atoms with van der Waals surface area (Å²) in [5.41, 5.74) is 3.45. The second kappa shape index (κ2) is 9.04. The van der Waals surface area contributed by atoms with Gasteiger partial charge in [-0.1, -0.05) is 41.4 Å². The Hall–Kier alpha value is -1.60. The fourth-order valence-electron chi connectivity index (χ4n) is 3.46. The molecule has 2 aromatic carbocycles. The molecule has 8 heteroatoms. The van der Waals surface area contributed by atoms with E-state index in [9.17, 15) is 13.2 Å². The van der Waals surface area contributed by atoms with E-state index in [2.05, 4.69) is 5.32 Å². The lowest BCUT2D eigenvalue weighted by molar-refractivity contribution is -0.120. The Morgan fingerprint density at radius 2 is 1.93 bits per heavy atom. The van der Waals surface area contributed by atoms with E-state index in [1.807, 2.05) is 32.0 Å². The second-order valence-corrected chi connectivity index (χ2v) is 10.2. The van der Waals surface area contributed by atoms with Gasteiger partial charge in [-0.05, 0) is 61.6 Å². The Morgan fingerprint density at radius 1 is 1.17 bits per heavy atom. The van der Waals surface area contributed by atoms with Crippen LogP contribution in [0.3, 0.4) is 0 Å². The van der Waals surface area contributed by atoms with Crippen LogP contribution in [0.4, 0.5) is 5.69 Å². The van der Waals surface area contributed by atoms with E-state index in [0.29, 0.717) is 35.0 Å². The molecule has 3 rings (SSSR count). The summed E-state index contributed by atoms with van der Waals surface area (Å²) in [4.78, 5) is 12.8. The predicted octanol–water partition coefficient (Wildman–Crippen LogP) is 4.79. The maximum Gasteiger partial charge on any atom is 0.228 e. The number of carbonyl (C=O) groups excluding carboxylic acids is 1. The molecule has 5 nitrogen and oxygen atoms in total.